The quantitative estimate of drug-likeness (QED) is 0.282. The molecule has 4 nitrogen and oxygen atoms in total. The van der Waals surface area contributed by atoms with Crippen molar-refractivity contribution in [3.8, 4) is 0 Å². The van der Waals surface area contributed by atoms with Crippen molar-refractivity contribution in [2.24, 2.45) is 0 Å². The fourth-order valence-corrected chi connectivity index (χ4v) is 0.975. The van der Waals surface area contributed by atoms with E-state index in [1.54, 1.807) is 0 Å². The fraction of sp³-hybridized carbons (Fsp3) is 0.800. The number of rotatable bonds is 1. The van der Waals surface area contributed by atoms with Crippen molar-refractivity contribution in [1.29, 1.82) is 0 Å². The Morgan fingerprint density at radius 1 is 1.70 bits per heavy atom. The van der Waals surface area contributed by atoms with Gasteiger partial charge in [0.1, 0.15) is 18.8 Å². The highest BCUT2D eigenvalue weighted by Gasteiger charge is 2.45. The molecule has 1 aliphatic heterocycles. The Hall–Kier alpha value is 0.190. The normalized spacial score (nSPS) is 48.0. The van der Waals surface area contributed by atoms with Crippen molar-refractivity contribution < 1.29 is 20.1 Å². The molecule has 0 aromatic carbocycles. The predicted octanol–water partition coefficient (Wildman–Crippen LogP) is -1.48. The van der Waals surface area contributed by atoms with Crippen LogP contribution in [0.4, 0.5) is 0 Å². The molecule has 1 saturated heterocycles. The van der Waals surface area contributed by atoms with E-state index in [1.165, 1.54) is 0 Å². The van der Waals surface area contributed by atoms with E-state index >= 15 is 0 Å². The van der Waals surface area contributed by atoms with Gasteiger partial charge in [-0.25, -0.2) is 0 Å². The molecule has 59 valence electrons. The molecule has 5 heteroatoms. The minimum atomic E-state index is -1.63. The summed E-state index contributed by atoms with van der Waals surface area (Å²) in [6, 6.07) is 0. The Labute approximate surface area is 63.8 Å². The van der Waals surface area contributed by atoms with Crippen molar-refractivity contribution >= 4 is 12.6 Å². The molecular formula is C5H9O4S. The standard InChI is InChI=1S/C5H9O4S/c6-1-3-4(7)5(8,10)2-9-3/h2-4,6-8,10H,1H2/t3-,4-,5-/m1/s1. The maximum absolute atomic E-state index is 9.09. The fourth-order valence-electron chi connectivity index (χ4n) is 0.748. The second-order valence-corrected chi connectivity index (χ2v) is 2.92. The van der Waals surface area contributed by atoms with E-state index in [2.05, 4.69) is 17.4 Å². The Bertz CT molecular complexity index is 127. The first kappa shape index (κ1) is 8.29. The highest BCUT2D eigenvalue weighted by Crippen LogP contribution is 2.30. The molecule has 0 aromatic heterocycles. The van der Waals surface area contributed by atoms with Crippen LogP contribution in [-0.4, -0.2) is 39.1 Å². The van der Waals surface area contributed by atoms with Crippen LogP contribution in [0.15, 0.2) is 0 Å². The van der Waals surface area contributed by atoms with E-state index in [0.717, 1.165) is 6.61 Å². The minimum Gasteiger partial charge on any atom is -0.394 e. The van der Waals surface area contributed by atoms with Gasteiger partial charge >= 0.3 is 0 Å². The Kier molecular flexibility index (Phi) is 2.21. The molecule has 0 unspecified atom stereocenters. The lowest BCUT2D eigenvalue weighted by atomic mass is 10.1. The average Bonchev–Trinajstić information content (AvgIpc) is 2.10. The van der Waals surface area contributed by atoms with Gasteiger partial charge in [0, 0.05) is 0 Å². The zero-order valence-corrected chi connectivity index (χ0v) is 6.03. The Balaban J connectivity index is 2.58. The van der Waals surface area contributed by atoms with Crippen LogP contribution < -0.4 is 0 Å². The second-order valence-electron chi connectivity index (χ2n) is 2.20. The lowest BCUT2D eigenvalue weighted by molar-refractivity contribution is -0.0115. The summed E-state index contributed by atoms with van der Waals surface area (Å²) < 4.78 is 4.68. The molecule has 1 heterocycles. The van der Waals surface area contributed by atoms with E-state index < -0.39 is 17.1 Å². The van der Waals surface area contributed by atoms with Crippen LogP contribution in [0.1, 0.15) is 0 Å². The predicted molar refractivity (Wildman–Crippen MR) is 36.2 cm³/mol. The van der Waals surface area contributed by atoms with Gasteiger partial charge in [-0.15, -0.1) is 12.6 Å². The van der Waals surface area contributed by atoms with Crippen LogP contribution in [0.5, 0.6) is 0 Å². The van der Waals surface area contributed by atoms with Gasteiger partial charge in [0.15, 0.2) is 4.93 Å². The number of hydrogen-bond donors (Lipinski definition) is 4. The number of aliphatic hydroxyl groups is 3. The molecule has 0 aromatic rings. The molecule has 10 heavy (non-hydrogen) atoms. The molecule has 0 amide bonds. The van der Waals surface area contributed by atoms with Crippen LogP contribution >= 0.6 is 12.6 Å². The maximum Gasteiger partial charge on any atom is 0.164 e. The summed E-state index contributed by atoms with van der Waals surface area (Å²) in [7, 11) is 0. The molecule has 1 fully saturated rings. The molecule has 1 aliphatic rings. The Morgan fingerprint density at radius 3 is 2.50 bits per heavy atom. The third-order valence-electron chi connectivity index (χ3n) is 1.38. The van der Waals surface area contributed by atoms with Gasteiger partial charge in [0.05, 0.1) is 6.61 Å². The van der Waals surface area contributed by atoms with Crippen LogP contribution in [0.3, 0.4) is 0 Å². The molecule has 1 radical (unpaired) electrons. The van der Waals surface area contributed by atoms with E-state index in [1.807, 2.05) is 0 Å². The summed E-state index contributed by atoms with van der Waals surface area (Å²) in [6.07, 6.45) is -1.93. The number of hydrogen-bond acceptors (Lipinski definition) is 5. The lowest BCUT2D eigenvalue weighted by Crippen LogP contribution is -2.38. The van der Waals surface area contributed by atoms with Gasteiger partial charge in [0.25, 0.3) is 0 Å². The highest BCUT2D eigenvalue weighted by molar-refractivity contribution is 7.81. The molecule has 0 saturated carbocycles. The molecule has 1 rings (SSSR count). The first-order valence-electron chi connectivity index (χ1n) is 2.81. The van der Waals surface area contributed by atoms with Crippen molar-refractivity contribution in [1.82, 2.24) is 0 Å². The Morgan fingerprint density at radius 2 is 2.30 bits per heavy atom. The van der Waals surface area contributed by atoms with E-state index in [-0.39, 0.29) is 6.61 Å². The summed E-state index contributed by atoms with van der Waals surface area (Å²) in [6.45, 7) is 0.669. The number of thiol groups is 1. The van der Waals surface area contributed by atoms with E-state index in [4.69, 9.17) is 15.3 Å². The first-order chi connectivity index (χ1) is 4.58. The highest BCUT2D eigenvalue weighted by atomic mass is 32.1. The smallest absolute Gasteiger partial charge is 0.164 e. The molecule has 0 aliphatic carbocycles. The van der Waals surface area contributed by atoms with Gasteiger partial charge in [-0.1, -0.05) is 0 Å². The maximum atomic E-state index is 9.09. The van der Waals surface area contributed by atoms with Gasteiger partial charge in [-0.05, 0) is 0 Å². The first-order valence-corrected chi connectivity index (χ1v) is 3.26. The molecular weight excluding hydrogens is 156 g/mol. The van der Waals surface area contributed by atoms with Crippen LogP contribution in [0.25, 0.3) is 0 Å². The third-order valence-corrected chi connectivity index (χ3v) is 1.75. The second kappa shape index (κ2) is 2.67. The largest absolute Gasteiger partial charge is 0.394 e. The van der Waals surface area contributed by atoms with Crippen molar-refractivity contribution in [3.05, 3.63) is 6.61 Å². The topological polar surface area (TPSA) is 69.9 Å². The summed E-state index contributed by atoms with van der Waals surface area (Å²) in [5, 5.41) is 26.7. The average molecular weight is 165 g/mol. The monoisotopic (exact) mass is 165 g/mol. The molecule has 3 N–H and O–H groups in total. The minimum absolute atomic E-state index is 0.333. The van der Waals surface area contributed by atoms with Gasteiger partial charge in [-0.3, -0.25) is 0 Å². The van der Waals surface area contributed by atoms with Gasteiger partial charge in [-0.2, -0.15) is 0 Å². The zero-order valence-electron chi connectivity index (χ0n) is 5.14. The summed E-state index contributed by atoms with van der Waals surface area (Å²) in [5.41, 5.74) is 0. The summed E-state index contributed by atoms with van der Waals surface area (Å²) >= 11 is 3.67. The number of aliphatic hydroxyl groups excluding tert-OH is 2. The SMILES string of the molecule is OC[C@H]1O[CH][C@@](O)(S)[C@@H]1O. The summed E-state index contributed by atoms with van der Waals surface area (Å²) in [4.78, 5) is -1.63. The number of ether oxygens (including phenoxy) is 1. The van der Waals surface area contributed by atoms with Crippen molar-refractivity contribution in [2.75, 3.05) is 6.61 Å². The van der Waals surface area contributed by atoms with Gasteiger partial charge < -0.3 is 20.1 Å². The zero-order chi connectivity index (χ0) is 7.78. The van der Waals surface area contributed by atoms with Gasteiger partial charge in [0.2, 0.25) is 0 Å². The summed E-state index contributed by atoms with van der Waals surface area (Å²) in [5.74, 6) is 0. The van der Waals surface area contributed by atoms with E-state index in [0.29, 0.717) is 0 Å². The molecule has 3 atom stereocenters. The van der Waals surface area contributed by atoms with Crippen LogP contribution in [-0.2, 0) is 4.74 Å². The van der Waals surface area contributed by atoms with Crippen molar-refractivity contribution in [3.63, 3.8) is 0 Å². The third kappa shape index (κ3) is 1.28. The lowest BCUT2D eigenvalue weighted by Gasteiger charge is -2.18. The molecule has 0 bridgehead atoms. The van der Waals surface area contributed by atoms with Crippen LogP contribution in [0.2, 0.25) is 0 Å². The van der Waals surface area contributed by atoms with Crippen LogP contribution in [0, 0.1) is 6.61 Å². The van der Waals surface area contributed by atoms with E-state index in [9.17, 15) is 0 Å². The molecule has 0 spiro atoms. The van der Waals surface area contributed by atoms with Crippen molar-refractivity contribution in [2.45, 2.75) is 17.1 Å².